The monoisotopic (exact) mass is 222 g/mol. The van der Waals surface area contributed by atoms with E-state index in [1.165, 1.54) is 0 Å². The number of aliphatic carboxylic acids is 2. The molecule has 7 nitrogen and oxygen atoms in total. The second-order valence-electron chi connectivity index (χ2n) is 3.24. The molecule has 0 heterocycles. The summed E-state index contributed by atoms with van der Waals surface area (Å²) in [5.41, 5.74) is 9.93. The third-order valence-corrected chi connectivity index (χ3v) is 1.52. The number of carboxylic acid groups (broad SMARTS) is 2. The van der Waals surface area contributed by atoms with Crippen molar-refractivity contribution in [3.8, 4) is 0 Å². The highest BCUT2D eigenvalue weighted by Crippen LogP contribution is 1.96. The van der Waals surface area contributed by atoms with Crippen LogP contribution in [0.15, 0.2) is 0 Å². The quantitative estimate of drug-likeness (QED) is 0.386. The molecule has 0 bridgehead atoms. The Morgan fingerprint density at radius 2 is 1.53 bits per heavy atom. The minimum Gasteiger partial charge on any atom is -0.480 e. The molecule has 0 amide bonds. The van der Waals surface area contributed by atoms with E-state index >= 15 is 0 Å². The van der Waals surface area contributed by atoms with Gasteiger partial charge in [0.25, 0.3) is 0 Å². The fraction of sp³-hybridized carbons (Fsp3) is 0.750. The van der Waals surface area contributed by atoms with Crippen molar-refractivity contribution >= 4 is 11.9 Å². The van der Waals surface area contributed by atoms with E-state index in [0.717, 1.165) is 0 Å². The van der Waals surface area contributed by atoms with E-state index in [-0.39, 0.29) is 5.92 Å². The Bertz CT molecular complexity index is 207. The molecule has 0 unspecified atom stereocenters. The van der Waals surface area contributed by atoms with Crippen LogP contribution < -0.4 is 11.5 Å². The molecule has 0 spiro atoms. The Balaban J connectivity index is 0. The van der Waals surface area contributed by atoms with E-state index < -0.39 is 30.6 Å². The van der Waals surface area contributed by atoms with E-state index in [9.17, 15) is 9.59 Å². The van der Waals surface area contributed by atoms with Gasteiger partial charge in [0.1, 0.15) is 12.1 Å². The van der Waals surface area contributed by atoms with Crippen molar-refractivity contribution in [1.82, 2.24) is 0 Å². The van der Waals surface area contributed by atoms with E-state index in [2.05, 4.69) is 0 Å². The molecule has 0 aliphatic heterocycles. The van der Waals surface area contributed by atoms with Crippen molar-refractivity contribution in [1.29, 1.82) is 0 Å². The molecule has 0 aromatic rings. The molecule has 0 aliphatic rings. The number of aliphatic hydroxyl groups excluding tert-OH is 1. The van der Waals surface area contributed by atoms with Gasteiger partial charge in [0.2, 0.25) is 0 Å². The first-order valence-corrected chi connectivity index (χ1v) is 4.31. The Labute approximate surface area is 87.7 Å². The SMILES string of the molecule is CC(C)[C@H](N)C(=O)O.N[C@H](CO)C(=O)O. The first-order chi connectivity index (χ1) is 6.73. The van der Waals surface area contributed by atoms with Gasteiger partial charge in [0.05, 0.1) is 6.61 Å². The van der Waals surface area contributed by atoms with Crippen molar-refractivity contribution in [3.05, 3.63) is 0 Å². The minimum atomic E-state index is -1.18. The number of hydrogen-bond donors (Lipinski definition) is 5. The summed E-state index contributed by atoms with van der Waals surface area (Å²) in [6.45, 7) is 3.05. The van der Waals surface area contributed by atoms with Gasteiger partial charge < -0.3 is 26.8 Å². The van der Waals surface area contributed by atoms with Gasteiger partial charge in [0.15, 0.2) is 0 Å². The summed E-state index contributed by atoms with van der Waals surface area (Å²) in [5.74, 6) is -2.09. The van der Waals surface area contributed by atoms with Crippen LogP contribution in [0.4, 0.5) is 0 Å². The molecule has 7 heteroatoms. The molecule has 7 N–H and O–H groups in total. The lowest BCUT2D eigenvalue weighted by molar-refractivity contribution is -0.140. The average molecular weight is 222 g/mol. The molecule has 2 atom stereocenters. The number of carboxylic acids is 2. The van der Waals surface area contributed by atoms with Crippen molar-refractivity contribution < 1.29 is 24.9 Å². The van der Waals surface area contributed by atoms with Gasteiger partial charge in [-0.2, -0.15) is 0 Å². The lowest BCUT2D eigenvalue weighted by Crippen LogP contribution is -2.34. The van der Waals surface area contributed by atoms with Crippen LogP contribution in [0.25, 0.3) is 0 Å². The zero-order valence-electron chi connectivity index (χ0n) is 8.75. The fourth-order valence-corrected chi connectivity index (χ4v) is 0.363. The van der Waals surface area contributed by atoms with Gasteiger partial charge in [0, 0.05) is 0 Å². The molecule has 0 aromatic heterocycles. The van der Waals surface area contributed by atoms with Crippen LogP contribution in [0, 0.1) is 5.92 Å². The molecule has 15 heavy (non-hydrogen) atoms. The van der Waals surface area contributed by atoms with Gasteiger partial charge in [-0.25, -0.2) is 0 Å². The zero-order chi connectivity index (χ0) is 12.6. The summed E-state index contributed by atoms with van der Waals surface area (Å²) in [6.07, 6.45) is 0. The minimum absolute atomic E-state index is 0.0208. The summed E-state index contributed by atoms with van der Waals surface area (Å²) in [5, 5.41) is 24.1. The second kappa shape index (κ2) is 8.16. The maximum atomic E-state index is 10.0. The number of aliphatic hydroxyl groups is 1. The fourth-order valence-electron chi connectivity index (χ4n) is 0.363. The third kappa shape index (κ3) is 9.13. The molecule has 0 fully saturated rings. The summed E-state index contributed by atoms with van der Waals surface area (Å²) >= 11 is 0. The van der Waals surface area contributed by atoms with Crippen LogP contribution in [-0.2, 0) is 9.59 Å². The van der Waals surface area contributed by atoms with Crippen molar-refractivity contribution in [2.75, 3.05) is 6.61 Å². The van der Waals surface area contributed by atoms with Crippen LogP contribution in [-0.4, -0.2) is 45.9 Å². The molecule has 0 saturated heterocycles. The maximum absolute atomic E-state index is 10.0. The topological polar surface area (TPSA) is 147 Å². The molecule has 0 aromatic carbocycles. The van der Waals surface area contributed by atoms with E-state index in [1.807, 2.05) is 0 Å². The predicted octanol–water partition coefficient (Wildman–Crippen LogP) is -1.56. The summed E-state index contributed by atoms with van der Waals surface area (Å²) in [7, 11) is 0. The highest BCUT2D eigenvalue weighted by molar-refractivity contribution is 5.73. The molecule has 0 radical (unpaired) electrons. The van der Waals surface area contributed by atoms with Gasteiger partial charge in [-0.1, -0.05) is 13.8 Å². The maximum Gasteiger partial charge on any atom is 0.322 e. The van der Waals surface area contributed by atoms with Gasteiger partial charge >= 0.3 is 11.9 Å². The standard InChI is InChI=1S/C5H11NO2.C3H7NO3/c1-3(2)4(6)5(7)8;4-2(1-5)3(6)7/h3-4H,6H2,1-2H3,(H,7,8);2,5H,1,4H2,(H,6,7)/t4-;2-/m01/s1. The number of hydrogen-bond acceptors (Lipinski definition) is 5. The lowest BCUT2D eigenvalue weighted by atomic mass is 10.1. The molecule has 0 aliphatic carbocycles. The van der Waals surface area contributed by atoms with E-state index in [1.54, 1.807) is 13.8 Å². The summed E-state index contributed by atoms with van der Waals surface area (Å²) < 4.78 is 0. The van der Waals surface area contributed by atoms with Gasteiger partial charge in [-0.15, -0.1) is 0 Å². The number of rotatable bonds is 4. The largest absolute Gasteiger partial charge is 0.480 e. The lowest BCUT2D eigenvalue weighted by Gasteiger charge is -2.07. The average Bonchev–Trinajstić information content (AvgIpc) is 2.15. The van der Waals surface area contributed by atoms with Crippen molar-refractivity contribution in [2.45, 2.75) is 25.9 Å². The van der Waals surface area contributed by atoms with Crippen LogP contribution in [0.1, 0.15) is 13.8 Å². The van der Waals surface area contributed by atoms with E-state index in [4.69, 9.17) is 26.8 Å². The van der Waals surface area contributed by atoms with Gasteiger partial charge in [-0.05, 0) is 5.92 Å². The highest BCUT2D eigenvalue weighted by atomic mass is 16.4. The summed E-state index contributed by atoms with van der Waals surface area (Å²) in [6, 6.07) is -1.84. The molecule has 90 valence electrons. The first kappa shape index (κ1) is 16.3. The number of nitrogens with two attached hydrogens (primary N) is 2. The van der Waals surface area contributed by atoms with Crippen LogP contribution in [0.5, 0.6) is 0 Å². The smallest absolute Gasteiger partial charge is 0.322 e. The van der Waals surface area contributed by atoms with Crippen LogP contribution >= 0.6 is 0 Å². The van der Waals surface area contributed by atoms with Crippen molar-refractivity contribution in [3.63, 3.8) is 0 Å². The van der Waals surface area contributed by atoms with E-state index in [0.29, 0.717) is 0 Å². The molecular weight excluding hydrogens is 204 g/mol. The first-order valence-electron chi connectivity index (χ1n) is 4.31. The van der Waals surface area contributed by atoms with Crippen molar-refractivity contribution in [2.24, 2.45) is 17.4 Å². The third-order valence-electron chi connectivity index (χ3n) is 1.52. The molecule has 0 saturated carbocycles. The Hall–Kier alpha value is -1.18. The Morgan fingerprint density at radius 1 is 1.13 bits per heavy atom. The molecule has 0 rings (SSSR count). The normalized spacial score (nSPS) is 13.7. The predicted molar refractivity (Wildman–Crippen MR) is 53.1 cm³/mol. The Kier molecular flexibility index (Phi) is 8.84. The number of carbonyl (C=O) groups is 2. The van der Waals surface area contributed by atoms with Crippen LogP contribution in [0.3, 0.4) is 0 Å². The highest BCUT2D eigenvalue weighted by Gasteiger charge is 2.14. The zero-order valence-corrected chi connectivity index (χ0v) is 8.75. The van der Waals surface area contributed by atoms with Crippen LogP contribution in [0.2, 0.25) is 0 Å². The second-order valence-corrected chi connectivity index (χ2v) is 3.24. The summed E-state index contributed by atoms with van der Waals surface area (Å²) in [4.78, 5) is 19.7. The Morgan fingerprint density at radius 3 is 1.53 bits per heavy atom. The van der Waals surface area contributed by atoms with Gasteiger partial charge in [-0.3, -0.25) is 9.59 Å². The molecular formula is C8H18N2O5.